The van der Waals surface area contributed by atoms with Gasteiger partial charge in [-0.2, -0.15) is 0 Å². The van der Waals surface area contributed by atoms with E-state index < -0.39 is 0 Å². The fourth-order valence-corrected chi connectivity index (χ4v) is 2.32. The van der Waals surface area contributed by atoms with Gasteiger partial charge in [0.05, 0.1) is 6.10 Å². The maximum Gasteiger partial charge on any atom is 0.251 e. The Balaban J connectivity index is 1.94. The van der Waals surface area contributed by atoms with Crippen LogP contribution < -0.4 is 5.32 Å². The van der Waals surface area contributed by atoms with Crippen molar-refractivity contribution in [3.8, 4) is 0 Å². The molecule has 1 aromatic rings. The van der Waals surface area contributed by atoms with Gasteiger partial charge in [-0.1, -0.05) is 23.2 Å². The van der Waals surface area contributed by atoms with Gasteiger partial charge in [-0.15, -0.1) is 0 Å². The summed E-state index contributed by atoms with van der Waals surface area (Å²) in [6.45, 7) is 1.31. The second-order valence-corrected chi connectivity index (χ2v) is 4.88. The van der Waals surface area contributed by atoms with E-state index in [1.54, 1.807) is 18.2 Å². The van der Waals surface area contributed by atoms with Crippen LogP contribution in [0.25, 0.3) is 0 Å². The average molecular weight is 274 g/mol. The zero-order valence-corrected chi connectivity index (χ0v) is 10.7. The summed E-state index contributed by atoms with van der Waals surface area (Å²) < 4.78 is 5.42. The Morgan fingerprint density at radius 3 is 2.65 bits per heavy atom. The highest BCUT2D eigenvalue weighted by Gasteiger charge is 2.16. The number of hydrogen-bond donors (Lipinski definition) is 1. The number of carbonyl (C=O) groups is 1. The third-order valence-electron chi connectivity index (χ3n) is 2.64. The molecule has 17 heavy (non-hydrogen) atoms. The van der Waals surface area contributed by atoms with E-state index in [0.717, 1.165) is 19.4 Å². The molecule has 1 aromatic carbocycles. The molecule has 5 heteroatoms. The molecule has 0 radical (unpaired) electrons. The number of ether oxygens (including phenoxy) is 1. The van der Waals surface area contributed by atoms with Gasteiger partial charge in [-0.25, -0.2) is 0 Å². The fraction of sp³-hybridized carbons (Fsp3) is 0.417. The molecule has 0 aromatic heterocycles. The van der Waals surface area contributed by atoms with Crippen molar-refractivity contribution in [1.29, 1.82) is 0 Å². The predicted octanol–water partition coefficient (Wildman–Crippen LogP) is 2.90. The van der Waals surface area contributed by atoms with Crippen LogP contribution in [0.2, 0.25) is 10.0 Å². The molecule has 1 amide bonds. The van der Waals surface area contributed by atoms with Crippen LogP contribution in [0.15, 0.2) is 18.2 Å². The molecule has 1 heterocycles. The van der Waals surface area contributed by atoms with Gasteiger partial charge in [-0.3, -0.25) is 4.79 Å². The van der Waals surface area contributed by atoms with E-state index in [9.17, 15) is 4.79 Å². The van der Waals surface area contributed by atoms with Crippen molar-refractivity contribution in [2.45, 2.75) is 18.9 Å². The highest BCUT2D eigenvalue weighted by atomic mass is 35.5. The Kier molecular flexibility index (Phi) is 4.26. The van der Waals surface area contributed by atoms with Crippen LogP contribution in [0.1, 0.15) is 23.2 Å². The van der Waals surface area contributed by atoms with Gasteiger partial charge in [0.2, 0.25) is 0 Å². The lowest BCUT2D eigenvalue weighted by molar-refractivity contribution is 0.0858. The first-order valence-electron chi connectivity index (χ1n) is 5.51. The Bertz CT molecular complexity index is 397. The van der Waals surface area contributed by atoms with E-state index >= 15 is 0 Å². The van der Waals surface area contributed by atoms with Gasteiger partial charge in [0.25, 0.3) is 5.91 Å². The smallest absolute Gasteiger partial charge is 0.251 e. The molecule has 1 fully saturated rings. The van der Waals surface area contributed by atoms with Gasteiger partial charge in [0.15, 0.2) is 0 Å². The van der Waals surface area contributed by atoms with E-state index in [1.807, 2.05) is 0 Å². The Morgan fingerprint density at radius 2 is 2.06 bits per heavy atom. The summed E-state index contributed by atoms with van der Waals surface area (Å²) in [5.41, 5.74) is 0.473. The van der Waals surface area contributed by atoms with Crippen LogP contribution in [-0.2, 0) is 4.74 Å². The third-order valence-corrected chi connectivity index (χ3v) is 3.08. The summed E-state index contributed by atoms with van der Waals surface area (Å²) in [6, 6.07) is 4.79. The number of benzene rings is 1. The second-order valence-electron chi connectivity index (χ2n) is 4.00. The fourth-order valence-electron chi connectivity index (χ4n) is 1.80. The number of hydrogen-bond acceptors (Lipinski definition) is 2. The molecule has 1 atom stereocenters. The molecule has 1 saturated heterocycles. The molecule has 1 N–H and O–H groups in total. The summed E-state index contributed by atoms with van der Waals surface area (Å²) >= 11 is 11.7. The first-order chi connectivity index (χ1) is 8.15. The summed E-state index contributed by atoms with van der Waals surface area (Å²) in [4.78, 5) is 11.8. The van der Waals surface area contributed by atoms with Crippen molar-refractivity contribution in [2.24, 2.45) is 0 Å². The minimum Gasteiger partial charge on any atom is -0.376 e. The third kappa shape index (κ3) is 3.60. The Hall–Kier alpha value is -0.770. The molecule has 1 aliphatic heterocycles. The molecule has 0 saturated carbocycles. The van der Waals surface area contributed by atoms with Gasteiger partial charge in [-0.05, 0) is 31.0 Å². The lowest BCUT2D eigenvalue weighted by atomic mass is 10.2. The van der Waals surface area contributed by atoms with Gasteiger partial charge in [0, 0.05) is 28.8 Å². The SMILES string of the molecule is O=C(NCC1CCCO1)c1cc(Cl)cc(Cl)c1. The number of amides is 1. The lowest BCUT2D eigenvalue weighted by Gasteiger charge is -2.11. The van der Waals surface area contributed by atoms with Crippen LogP contribution in [0.5, 0.6) is 0 Å². The lowest BCUT2D eigenvalue weighted by Crippen LogP contribution is -2.31. The number of halogens is 2. The number of nitrogens with one attached hydrogen (secondary N) is 1. The first-order valence-corrected chi connectivity index (χ1v) is 6.26. The maximum absolute atomic E-state index is 11.8. The molecule has 1 aliphatic rings. The zero-order valence-electron chi connectivity index (χ0n) is 9.21. The summed E-state index contributed by atoms with van der Waals surface area (Å²) in [5.74, 6) is -0.176. The molecule has 2 rings (SSSR count). The van der Waals surface area contributed by atoms with E-state index in [4.69, 9.17) is 27.9 Å². The van der Waals surface area contributed by atoms with Crippen LogP contribution in [0, 0.1) is 0 Å². The van der Waals surface area contributed by atoms with Gasteiger partial charge in [0.1, 0.15) is 0 Å². The number of carbonyl (C=O) groups excluding carboxylic acids is 1. The van der Waals surface area contributed by atoms with Crippen molar-refractivity contribution in [3.05, 3.63) is 33.8 Å². The van der Waals surface area contributed by atoms with E-state index in [-0.39, 0.29) is 12.0 Å². The van der Waals surface area contributed by atoms with E-state index in [0.29, 0.717) is 22.2 Å². The second kappa shape index (κ2) is 5.71. The summed E-state index contributed by atoms with van der Waals surface area (Å²) in [7, 11) is 0. The van der Waals surface area contributed by atoms with Gasteiger partial charge < -0.3 is 10.1 Å². The summed E-state index contributed by atoms with van der Waals surface area (Å²) in [6.07, 6.45) is 2.19. The average Bonchev–Trinajstić information content (AvgIpc) is 2.77. The molecule has 0 aliphatic carbocycles. The Morgan fingerprint density at radius 1 is 1.35 bits per heavy atom. The normalized spacial score (nSPS) is 19.3. The standard InChI is InChI=1S/C12H13Cl2NO2/c13-9-4-8(5-10(14)6-9)12(16)15-7-11-2-1-3-17-11/h4-6,11H,1-3,7H2,(H,15,16). The molecular formula is C12H13Cl2NO2. The van der Waals surface area contributed by atoms with Crippen molar-refractivity contribution >= 4 is 29.1 Å². The topological polar surface area (TPSA) is 38.3 Å². The predicted molar refractivity (Wildman–Crippen MR) is 67.8 cm³/mol. The van der Waals surface area contributed by atoms with Crippen LogP contribution >= 0.6 is 23.2 Å². The quantitative estimate of drug-likeness (QED) is 0.920. The molecule has 92 valence electrons. The Labute approximate surface area is 110 Å². The van der Waals surface area contributed by atoms with Crippen molar-refractivity contribution < 1.29 is 9.53 Å². The highest BCUT2D eigenvalue weighted by Crippen LogP contribution is 2.19. The zero-order chi connectivity index (χ0) is 12.3. The van der Waals surface area contributed by atoms with Crippen LogP contribution in [0.4, 0.5) is 0 Å². The van der Waals surface area contributed by atoms with E-state index in [1.165, 1.54) is 0 Å². The monoisotopic (exact) mass is 273 g/mol. The molecule has 0 bridgehead atoms. The number of rotatable bonds is 3. The van der Waals surface area contributed by atoms with Crippen molar-refractivity contribution in [1.82, 2.24) is 5.32 Å². The van der Waals surface area contributed by atoms with E-state index in [2.05, 4.69) is 5.32 Å². The first kappa shape index (κ1) is 12.7. The summed E-state index contributed by atoms with van der Waals surface area (Å²) in [5, 5.41) is 3.73. The minimum absolute atomic E-state index is 0.133. The van der Waals surface area contributed by atoms with Crippen LogP contribution in [0.3, 0.4) is 0 Å². The molecular weight excluding hydrogens is 261 g/mol. The largest absolute Gasteiger partial charge is 0.376 e. The molecule has 0 spiro atoms. The molecule has 3 nitrogen and oxygen atoms in total. The van der Waals surface area contributed by atoms with Crippen molar-refractivity contribution in [3.63, 3.8) is 0 Å². The van der Waals surface area contributed by atoms with Crippen molar-refractivity contribution in [2.75, 3.05) is 13.2 Å². The molecule has 1 unspecified atom stereocenters. The maximum atomic E-state index is 11.8. The highest BCUT2D eigenvalue weighted by molar-refractivity contribution is 6.35. The van der Waals surface area contributed by atoms with Crippen LogP contribution in [-0.4, -0.2) is 25.2 Å². The minimum atomic E-state index is -0.176. The van der Waals surface area contributed by atoms with Gasteiger partial charge >= 0.3 is 0 Å².